The van der Waals surface area contributed by atoms with Gasteiger partial charge in [0.25, 0.3) is 0 Å². The SMILES string of the molecule is CCc1ccc(CNS(=O)(=O)CBr)s1. The first-order valence-corrected chi connectivity index (χ1v) is 7.77. The quantitative estimate of drug-likeness (QED) is 0.846. The fourth-order valence-electron chi connectivity index (χ4n) is 0.927. The van der Waals surface area contributed by atoms with Crippen molar-refractivity contribution in [1.29, 1.82) is 0 Å². The minimum absolute atomic E-state index is 0.0496. The Balaban J connectivity index is 2.54. The molecule has 0 saturated heterocycles. The number of rotatable bonds is 5. The molecule has 1 rings (SSSR count). The first kappa shape index (κ1) is 12.2. The highest BCUT2D eigenvalue weighted by molar-refractivity contribution is 9.10. The van der Waals surface area contributed by atoms with E-state index in [-0.39, 0.29) is 4.66 Å². The largest absolute Gasteiger partial charge is 0.221 e. The Labute approximate surface area is 96.7 Å². The van der Waals surface area contributed by atoms with Crippen molar-refractivity contribution in [2.75, 3.05) is 4.66 Å². The zero-order valence-corrected chi connectivity index (χ0v) is 11.0. The number of nitrogens with one attached hydrogen (secondary N) is 1. The van der Waals surface area contributed by atoms with Crippen LogP contribution in [0.25, 0.3) is 0 Å². The summed E-state index contributed by atoms with van der Waals surface area (Å²) < 4.78 is 24.6. The summed E-state index contributed by atoms with van der Waals surface area (Å²) in [5.41, 5.74) is 0. The average Bonchev–Trinajstić information content (AvgIpc) is 2.63. The number of halogens is 1. The molecule has 1 heterocycles. The molecule has 1 N–H and O–H groups in total. The molecule has 0 aliphatic heterocycles. The first-order chi connectivity index (χ1) is 6.57. The van der Waals surface area contributed by atoms with Gasteiger partial charge in [-0.05, 0) is 18.6 Å². The van der Waals surface area contributed by atoms with Crippen molar-refractivity contribution in [1.82, 2.24) is 4.72 Å². The molecule has 0 aliphatic rings. The van der Waals surface area contributed by atoms with Gasteiger partial charge in [-0.2, -0.15) is 0 Å². The normalized spacial score (nSPS) is 11.9. The molecule has 0 aliphatic carbocycles. The lowest BCUT2D eigenvalue weighted by Crippen LogP contribution is -2.23. The number of alkyl halides is 1. The summed E-state index contributed by atoms with van der Waals surface area (Å²) in [4.78, 5) is 2.32. The topological polar surface area (TPSA) is 46.2 Å². The third-order valence-corrected chi connectivity index (χ3v) is 5.58. The van der Waals surface area contributed by atoms with Gasteiger partial charge in [-0.3, -0.25) is 0 Å². The predicted molar refractivity (Wildman–Crippen MR) is 63.3 cm³/mol. The van der Waals surface area contributed by atoms with Gasteiger partial charge in [-0.25, -0.2) is 13.1 Å². The molecule has 6 heteroatoms. The van der Waals surface area contributed by atoms with Crippen molar-refractivity contribution in [2.24, 2.45) is 0 Å². The lowest BCUT2D eigenvalue weighted by Gasteiger charge is -2.00. The molecule has 1 aromatic heterocycles. The highest BCUT2D eigenvalue weighted by Gasteiger charge is 2.07. The van der Waals surface area contributed by atoms with Crippen LogP contribution in [0.1, 0.15) is 16.7 Å². The monoisotopic (exact) mass is 297 g/mol. The summed E-state index contributed by atoms with van der Waals surface area (Å²) in [7, 11) is -3.14. The molecule has 3 nitrogen and oxygen atoms in total. The highest BCUT2D eigenvalue weighted by atomic mass is 79.9. The van der Waals surface area contributed by atoms with Crippen LogP contribution in [0.2, 0.25) is 0 Å². The zero-order valence-electron chi connectivity index (χ0n) is 7.79. The lowest BCUT2D eigenvalue weighted by molar-refractivity contribution is 0.587. The van der Waals surface area contributed by atoms with Crippen LogP contribution in [0.3, 0.4) is 0 Å². The van der Waals surface area contributed by atoms with E-state index in [1.807, 2.05) is 12.1 Å². The molecule has 80 valence electrons. The van der Waals surface area contributed by atoms with Gasteiger partial charge in [0, 0.05) is 16.3 Å². The maximum Gasteiger partial charge on any atom is 0.221 e. The van der Waals surface area contributed by atoms with Gasteiger partial charge >= 0.3 is 0 Å². The summed E-state index contributed by atoms with van der Waals surface area (Å²) in [6, 6.07) is 3.99. The van der Waals surface area contributed by atoms with Crippen molar-refractivity contribution >= 4 is 37.3 Å². The molecular formula is C8H12BrNO2S2. The van der Waals surface area contributed by atoms with Gasteiger partial charge in [0.1, 0.15) is 4.66 Å². The minimum atomic E-state index is -3.14. The van der Waals surface area contributed by atoms with Gasteiger partial charge in [-0.1, -0.05) is 22.9 Å². The van der Waals surface area contributed by atoms with Crippen molar-refractivity contribution in [3.8, 4) is 0 Å². The Hall–Kier alpha value is 0.0900. The van der Waals surface area contributed by atoms with Crippen molar-refractivity contribution in [2.45, 2.75) is 19.9 Å². The number of aryl methyl sites for hydroxylation is 1. The molecule has 0 spiro atoms. The Kier molecular flexibility index (Phi) is 4.56. The predicted octanol–water partition coefficient (Wildman–Crippen LogP) is 2.08. The Morgan fingerprint density at radius 1 is 1.43 bits per heavy atom. The van der Waals surface area contributed by atoms with E-state index in [4.69, 9.17) is 0 Å². The van der Waals surface area contributed by atoms with E-state index in [0.717, 1.165) is 11.3 Å². The van der Waals surface area contributed by atoms with E-state index < -0.39 is 10.0 Å². The number of hydrogen-bond acceptors (Lipinski definition) is 3. The zero-order chi connectivity index (χ0) is 10.6. The van der Waals surface area contributed by atoms with E-state index in [1.165, 1.54) is 4.88 Å². The van der Waals surface area contributed by atoms with Crippen LogP contribution in [0.4, 0.5) is 0 Å². The smallest absolute Gasteiger partial charge is 0.212 e. The van der Waals surface area contributed by atoms with E-state index >= 15 is 0 Å². The summed E-state index contributed by atoms with van der Waals surface area (Å²) in [6.45, 7) is 2.47. The van der Waals surface area contributed by atoms with Crippen molar-refractivity contribution in [3.63, 3.8) is 0 Å². The molecule has 0 saturated carbocycles. The van der Waals surface area contributed by atoms with Crippen LogP contribution in [0.15, 0.2) is 12.1 Å². The molecule has 14 heavy (non-hydrogen) atoms. The van der Waals surface area contributed by atoms with Crippen LogP contribution >= 0.6 is 27.3 Å². The average molecular weight is 298 g/mol. The molecule has 0 amide bonds. The van der Waals surface area contributed by atoms with Crippen molar-refractivity contribution < 1.29 is 8.42 Å². The molecular weight excluding hydrogens is 286 g/mol. The number of thiophene rings is 1. The van der Waals surface area contributed by atoms with Crippen LogP contribution in [-0.4, -0.2) is 13.1 Å². The second-order valence-electron chi connectivity index (χ2n) is 2.77. The maximum absolute atomic E-state index is 11.1. The summed E-state index contributed by atoms with van der Waals surface area (Å²) in [6.07, 6.45) is 0.996. The van der Waals surface area contributed by atoms with Gasteiger partial charge in [0.15, 0.2) is 0 Å². The van der Waals surface area contributed by atoms with Gasteiger partial charge < -0.3 is 0 Å². The molecule has 0 bridgehead atoms. The van der Waals surface area contributed by atoms with Crippen LogP contribution in [0.5, 0.6) is 0 Å². The molecule has 1 aromatic rings. The Bertz CT molecular complexity index is 386. The number of hydrogen-bond donors (Lipinski definition) is 1. The summed E-state index contributed by atoms with van der Waals surface area (Å²) in [5, 5.41) is 0. The molecule has 0 atom stereocenters. The molecule has 0 aromatic carbocycles. The standard InChI is InChI=1S/C8H12BrNO2S2/c1-2-7-3-4-8(13-7)5-10-14(11,12)6-9/h3-4,10H,2,5-6H2,1H3. The van der Waals surface area contributed by atoms with Crippen LogP contribution in [-0.2, 0) is 23.0 Å². The second kappa shape index (κ2) is 5.25. The third kappa shape index (κ3) is 3.68. The third-order valence-electron chi connectivity index (χ3n) is 1.68. The Morgan fingerprint density at radius 3 is 2.57 bits per heavy atom. The van der Waals surface area contributed by atoms with Gasteiger partial charge in [0.2, 0.25) is 10.0 Å². The van der Waals surface area contributed by atoms with Crippen LogP contribution in [0, 0.1) is 0 Å². The molecule has 0 radical (unpaired) electrons. The fraction of sp³-hybridized carbons (Fsp3) is 0.500. The number of sulfonamides is 1. The first-order valence-electron chi connectivity index (χ1n) is 4.18. The lowest BCUT2D eigenvalue weighted by atomic mass is 10.4. The van der Waals surface area contributed by atoms with E-state index in [1.54, 1.807) is 11.3 Å². The Morgan fingerprint density at radius 2 is 2.07 bits per heavy atom. The second-order valence-corrected chi connectivity index (χ2v) is 7.13. The van der Waals surface area contributed by atoms with Gasteiger partial charge in [0.05, 0.1) is 0 Å². The fourth-order valence-corrected chi connectivity index (χ4v) is 2.85. The summed E-state index contributed by atoms with van der Waals surface area (Å²) >= 11 is 4.56. The van der Waals surface area contributed by atoms with E-state index in [9.17, 15) is 8.42 Å². The molecule has 0 fully saturated rings. The van der Waals surface area contributed by atoms with Crippen LogP contribution < -0.4 is 4.72 Å². The molecule has 0 unspecified atom stereocenters. The minimum Gasteiger partial charge on any atom is -0.212 e. The van der Waals surface area contributed by atoms with E-state index in [2.05, 4.69) is 27.6 Å². The van der Waals surface area contributed by atoms with Gasteiger partial charge in [-0.15, -0.1) is 11.3 Å². The maximum atomic E-state index is 11.1. The van der Waals surface area contributed by atoms with E-state index in [0.29, 0.717) is 6.54 Å². The summed E-state index contributed by atoms with van der Waals surface area (Å²) in [5.74, 6) is 0. The highest BCUT2D eigenvalue weighted by Crippen LogP contribution is 2.16. The van der Waals surface area contributed by atoms with Crippen molar-refractivity contribution in [3.05, 3.63) is 21.9 Å².